The summed E-state index contributed by atoms with van der Waals surface area (Å²) in [4.78, 5) is 0.642. The number of para-hydroxylation sites is 1. The number of anilines is 1. The SMILES string of the molecule is Nc1ccccc1S(=O)N1CCCC1CO. The lowest BCUT2D eigenvalue weighted by Gasteiger charge is -2.21. The molecule has 1 aromatic carbocycles. The first-order valence-electron chi connectivity index (χ1n) is 5.38. The third-order valence-corrected chi connectivity index (χ3v) is 4.51. The van der Waals surface area contributed by atoms with Crippen molar-refractivity contribution in [2.45, 2.75) is 23.8 Å². The van der Waals surface area contributed by atoms with Crippen molar-refractivity contribution in [2.75, 3.05) is 18.9 Å². The van der Waals surface area contributed by atoms with E-state index in [1.807, 2.05) is 16.4 Å². The van der Waals surface area contributed by atoms with Gasteiger partial charge in [0, 0.05) is 18.3 Å². The summed E-state index contributed by atoms with van der Waals surface area (Å²) in [5.74, 6) is 0. The molecule has 1 heterocycles. The van der Waals surface area contributed by atoms with Crippen LogP contribution in [0.15, 0.2) is 29.2 Å². The monoisotopic (exact) mass is 240 g/mol. The zero-order chi connectivity index (χ0) is 11.5. The van der Waals surface area contributed by atoms with E-state index in [0.717, 1.165) is 19.4 Å². The third-order valence-electron chi connectivity index (χ3n) is 2.85. The molecule has 16 heavy (non-hydrogen) atoms. The molecule has 2 unspecified atom stereocenters. The van der Waals surface area contributed by atoms with Crippen LogP contribution in [0.25, 0.3) is 0 Å². The van der Waals surface area contributed by atoms with Crippen LogP contribution in [0.5, 0.6) is 0 Å². The van der Waals surface area contributed by atoms with E-state index in [-0.39, 0.29) is 12.6 Å². The minimum absolute atomic E-state index is 0.000407. The molecule has 1 aromatic rings. The lowest BCUT2D eigenvalue weighted by atomic mass is 10.2. The van der Waals surface area contributed by atoms with Gasteiger partial charge in [0.25, 0.3) is 0 Å². The fourth-order valence-electron chi connectivity index (χ4n) is 1.98. The van der Waals surface area contributed by atoms with Crippen molar-refractivity contribution in [1.29, 1.82) is 0 Å². The van der Waals surface area contributed by atoms with Crippen molar-refractivity contribution >= 4 is 16.7 Å². The van der Waals surface area contributed by atoms with Gasteiger partial charge in [-0.2, -0.15) is 0 Å². The zero-order valence-corrected chi connectivity index (χ0v) is 9.82. The Morgan fingerprint density at radius 2 is 2.25 bits per heavy atom. The Balaban J connectivity index is 2.22. The maximum absolute atomic E-state index is 12.3. The molecule has 5 heteroatoms. The van der Waals surface area contributed by atoms with E-state index in [0.29, 0.717) is 10.6 Å². The molecule has 0 amide bonds. The molecule has 0 aromatic heterocycles. The highest BCUT2D eigenvalue weighted by molar-refractivity contribution is 7.82. The van der Waals surface area contributed by atoms with Gasteiger partial charge < -0.3 is 10.8 Å². The fraction of sp³-hybridized carbons (Fsp3) is 0.455. The summed E-state index contributed by atoms with van der Waals surface area (Å²) in [7, 11) is -1.25. The second-order valence-corrected chi connectivity index (χ2v) is 5.31. The van der Waals surface area contributed by atoms with E-state index in [1.165, 1.54) is 0 Å². The van der Waals surface area contributed by atoms with Gasteiger partial charge in [0.15, 0.2) is 0 Å². The number of nitrogens with zero attached hydrogens (tertiary/aromatic N) is 1. The Morgan fingerprint density at radius 1 is 1.50 bits per heavy atom. The standard InChI is InChI=1S/C11H16N2O2S/c12-10-5-1-2-6-11(10)16(15)13-7-3-4-9(13)8-14/h1-2,5-6,9,14H,3-4,7-8,12H2. The largest absolute Gasteiger partial charge is 0.398 e. The summed E-state index contributed by atoms with van der Waals surface area (Å²) in [6.07, 6.45) is 1.87. The molecule has 0 spiro atoms. The van der Waals surface area contributed by atoms with Gasteiger partial charge >= 0.3 is 0 Å². The van der Waals surface area contributed by atoms with E-state index in [4.69, 9.17) is 5.73 Å². The number of hydrogen-bond donors (Lipinski definition) is 2. The van der Waals surface area contributed by atoms with Crippen molar-refractivity contribution in [3.05, 3.63) is 24.3 Å². The van der Waals surface area contributed by atoms with E-state index in [9.17, 15) is 9.32 Å². The van der Waals surface area contributed by atoms with Gasteiger partial charge in [-0.1, -0.05) is 12.1 Å². The molecule has 1 aliphatic rings. The molecule has 88 valence electrons. The Labute approximate surface area is 97.7 Å². The summed E-state index contributed by atoms with van der Waals surface area (Å²) >= 11 is 0. The van der Waals surface area contributed by atoms with E-state index >= 15 is 0 Å². The van der Waals surface area contributed by atoms with Gasteiger partial charge in [0.05, 0.1) is 11.5 Å². The van der Waals surface area contributed by atoms with Crippen molar-refractivity contribution in [1.82, 2.24) is 4.31 Å². The molecule has 2 rings (SSSR count). The van der Waals surface area contributed by atoms with E-state index < -0.39 is 11.0 Å². The first-order valence-corrected chi connectivity index (χ1v) is 6.48. The molecule has 3 N–H and O–H groups in total. The molecule has 0 saturated carbocycles. The highest BCUT2D eigenvalue weighted by Gasteiger charge is 2.29. The normalized spacial score (nSPS) is 23.4. The molecule has 0 radical (unpaired) electrons. The van der Waals surface area contributed by atoms with Crippen LogP contribution in [-0.4, -0.2) is 32.8 Å². The van der Waals surface area contributed by atoms with Crippen LogP contribution < -0.4 is 5.73 Å². The number of aliphatic hydroxyl groups is 1. The van der Waals surface area contributed by atoms with Crippen molar-refractivity contribution < 1.29 is 9.32 Å². The lowest BCUT2D eigenvalue weighted by molar-refractivity contribution is 0.217. The minimum Gasteiger partial charge on any atom is -0.398 e. The molecule has 0 bridgehead atoms. The second kappa shape index (κ2) is 4.95. The quantitative estimate of drug-likeness (QED) is 0.766. The first kappa shape index (κ1) is 11.6. The van der Waals surface area contributed by atoms with Crippen LogP contribution in [0.2, 0.25) is 0 Å². The number of hydrogen-bond acceptors (Lipinski definition) is 3. The molecule has 4 nitrogen and oxygen atoms in total. The Kier molecular flexibility index (Phi) is 3.58. The molecular weight excluding hydrogens is 224 g/mol. The van der Waals surface area contributed by atoms with Gasteiger partial charge in [0.2, 0.25) is 0 Å². The number of nitrogen functional groups attached to an aromatic ring is 1. The van der Waals surface area contributed by atoms with Crippen LogP contribution in [0.4, 0.5) is 5.69 Å². The van der Waals surface area contributed by atoms with Gasteiger partial charge in [-0.3, -0.25) is 0 Å². The summed E-state index contributed by atoms with van der Waals surface area (Å²) in [5, 5.41) is 9.19. The van der Waals surface area contributed by atoms with Gasteiger partial charge in [-0.25, -0.2) is 8.51 Å². The smallest absolute Gasteiger partial charge is 0.130 e. The van der Waals surface area contributed by atoms with Gasteiger partial charge in [0.1, 0.15) is 11.0 Å². The van der Waals surface area contributed by atoms with Gasteiger partial charge in [-0.05, 0) is 25.0 Å². The topological polar surface area (TPSA) is 66.6 Å². The van der Waals surface area contributed by atoms with E-state index in [2.05, 4.69) is 0 Å². The van der Waals surface area contributed by atoms with Crippen LogP contribution in [-0.2, 0) is 11.0 Å². The molecule has 1 aliphatic heterocycles. The zero-order valence-electron chi connectivity index (χ0n) is 9.00. The molecule has 1 fully saturated rings. The Bertz CT molecular complexity index is 397. The second-order valence-electron chi connectivity index (χ2n) is 3.91. The van der Waals surface area contributed by atoms with Crippen molar-refractivity contribution in [3.8, 4) is 0 Å². The predicted molar refractivity (Wildman–Crippen MR) is 64.1 cm³/mol. The summed E-state index contributed by atoms with van der Waals surface area (Å²) in [5.41, 5.74) is 6.34. The van der Waals surface area contributed by atoms with Crippen LogP contribution >= 0.6 is 0 Å². The fourth-order valence-corrected chi connectivity index (χ4v) is 3.43. The number of benzene rings is 1. The predicted octanol–water partition coefficient (Wildman–Crippen LogP) is 0.748. The Morgan fingerprint density at radius 3 is 2.94 bits per heavy atom. The summed E-state index contributed by atoms with van der Waals surface area (Å²) < 4.78 is 14.1. The van der Waals surface area contributed by atoms with Crippen molar-refractivity contribution in [2.24, 2.45) is 0 Å². The van der Waals surface area contributed by atoms with Crippen LogP contribution in [0.3, 0.4) is 0 Å². The first-order chi connectivity index (χ1) is 7.74. The molecule has 0 aliphatic carbocycles. The van der Waals surface area contributed by atoms with E-state index in [1.54, 1.807) is 12.1 Å². The number of nitrogens with two attached hydrogens (primary N) is 1. The number of rotatable bonds is 3. The lowest BCUT2D eigenvalue weighted by Crippen LogP contribution is -2.34. The molecule has 1 saturated heterocycles. The summed E-state index contributed by atoms with van der Waals surface area (Å²) in [6, 6.07) is 7.17. The third kappa shape index (κ3) is 2.11. The highest BCUT2D eigenvalue weighted by Crippen LogP contribution is 2.25. The maximum atomic E-state index is 12.3. The van der Waals surface area contributed by atoms with Gasteiger partial charge in [-0.15, -0.1) is 0 Å². The number of aliphatic hydroxyl groups excluding tert-OH is 1. The molecule has 2 atom stereocenters. The Hall–Kier alpha value is -0.910. The summed E-state index contributed by atoms with van der Waals surface area (Å²) in [6.45, 7) is 0.810. The average molecular weight is 240 g/mol. The average Bonchev–Trinajstić information content (AvgIpc) is 2.77. The molecular formula is C11H16N2O2S. The van der Waals surface area contributed by atoms with Crippen LogP contribution in [0.1, 0.15) is 12.8 Å². The van der Waals surface area contributed by atoms with Crippen LogP contribution in [0, 0.1) is 0 Å². The highest BCUT2D eigenvalue weighted by atomic mass is 32.2. The van der Waals surface area contributed by atoms with Crippen molar-refractivity contribution in [3.63, 3.8) is 0 Å². The minimum atomic E-state index is -1.25. The maximum Gasteiger partial charge on any atom is 0.130 e.